The van der Waals surface area contributed by atoms with E-state index in [0.717, 1.165) is 24.4 Å². The van der Waals surface area contributed by atoms with E-state index in [1.807, 2.05) is 0 Å². The number of hydrogen-bond donors (Lipinski definition) is 1. The zero-order valence-corrected chi connectivity index (χ0v) is 10.5. The Kier molecular flexibility index (Phi) is 3.85. The highest BCUT2D eigenvalue weighted by Gasteiger charge is 2.33. The van der Waals surface area contributed by atoms with Crippen LogP contribution in [0.1, 0.15) is 5.69 Å². The third kappa shape index (κ3) is 3.19. The first kappa shape index (κ1) is 14.6. The Morgan fingerprint density at radius 3 is 2.40 bits per heavy atom. The summed E-state index contributed by atoms with van der Waals surface area (Å²) in [4.78, 5) is 2.96. The summed E-state index contributed by atoms with van der Waals surface area (Å²) in [6, 6.07) is 3.38. The van der Waals surface area contributed by atoms with E-state index < -0.39 is 23.5 Å². The van der Waals surface area contributed by atoms with Crippen molar-refractivity contribution in [3.63, 3.8) is 0 Å². The molecule has 0 aliphatic rings. The van der Waals surface area contributed by atoms with Gasteiger partial charge in [-0.25, -0.2) is 13.8 Å². The molecule has 0 bridgehead atoms. The zero-order valence-electron chi connectivity index (χ0n) is 9.71. The summed E-state index contributed by atoms with van der Waals surface area (Å²) in [5.41, 5.74) is 4.31. The lowest BCUT2D eigenvalue weighted by Gasteiger charge is -2.10. The lowest BCUT2D eigenvalue weighted by atomic mass is 10.3. The minimum absolute atomic E-state index is 0.0446. The van der Waals surface area contributed by atoms with Crippen LogP contribution >= 0.6 is 11.8 Å². The number of nitrogens with two attached hydrogens (primary N) is 1. The van der Waals surface area contributed by atoms with Crippen molar-refractivity contribution in [1.29, 1.82) is 0 Å². The molecule has 2 N–H and O–H groups in total. The Morgan fingerprint density at radius 2 is 1.75 bits per heavy atom. The predicted octanol–water partition coefficient (Wildman–Crippen LogP) is 4.11. The molecule has 0 saturated carbocycles. The normalized spacial score (nSPS) is 11.7. The third-order valence-corrected chi connectivity index (χ3v) is 3.40. The maximum Gasteiger partial charge on any atom is 0.433 e. The van der Waals surface area contributed by atoms with Gasteiger partial charge in [-0.3, -0.25) is 0 Å². The standard InChI is InChI=1S/C12H7F5N2S/c13-6-1-2-7(14)9(3-6)20-10-4-11(12(15,16)17)19-5-8(10)18/h1-5H,18H2. The van der Waals surface area contributed by atoms with E-state index in [1.54, 1.807) is 0 Å². The number of anilines is 1. The van der Waals surface area contributed by atoms with E-state index >= 15 is 0 Å². The Hall–Kier alpha value is -1.83. The van der Waals surface area contributed by atoms with Crippen molar-refractivity contribution >= 4 is 17.4 Å². The van der Waals surface area contributed by atoms with Gasteiger partial charge in [-0.15, -0.1) is 0 Å². The van der Waals surface area contributed by atoms with Crippen LogP contribution < -0.4 is 5.73 Å². The molecule has 0 amide bonds. The van der Waals surface area contributed by atoms with Crippen LogP contribution in [-0.2, 0) is 6.18 Å². The molecule has 20 heavy (non-hydrogen) atoms. The van der Waals surface area contributed by atoms with Crippen LogP contribution in [0.25, 0.3) is 0 Å². The molecule has 1 heterocycles. The summed E-state index contributed by atoms with van der Waals surface area (Å²) >= 11 is 0.605. The first-order chi connectivity index (χ1) is 9.27. The molecule has 1 aromatic heterocycles. The Balaban J connectivity index is 2.40. The molecule has 106 valence electrons. The summed E-state index contributed by atoms with van der Waals surface area (Å²) in [5, 5.41) is 0. The summed E-state index contributed by atoms with van der Waals surface area (Å²) in [5.74, 6) is -1.45. The number of benzene rings is 1. The third-order valence-electron chi connectivity index (χ3n) is 2.30. The number of pyridine rings is 1. The largest absolute Gasteiger partial charge is 0.433 e. The highest BCUT2D eigenvalue weighted by Crippen LogP contribution is 2.37. The van der Waals surface area contributed by atoms with Gasteiger partial charge in [-0.05, 0) is 24.3 Å². The summed E-state index contributed by atoms with van der Waals surface area (Å²) in [6.45, 7) is 0. The fourth-order valence-corrected chi connectivity index (χ4v) is 2.28. The fraction of sp³-hybridized carbons (Fsp3) is 0.0833. The molecule has 0 atom stereocenters. The van der Waals surface area contributed by atoms with E-state index in [4.69, 9.17) is 5.73 Å². The van der Waals surface area contributed by atoms with E-state index in [-0.39, 0.29) is 15.5 Å². The maximum absolute atomic E-state index is 13.5. The molecule has 1 aromatic carbocycles. The highest BCUT2D eigenvalue weighted by atomic mass is 32.2. The molecule has 0 radical (unpaired) electrons. The van der Waals surface area contributed by atoms with Crippen LogP contribution in [0, 0.1) is 11.6 Å². The Bertz CT molecular complexity index is 642. The molecule has 0 unspecified atom stereocenters. The van der Waals surface area contributed by atoms with E-state index in [9.17, 15) is 22.0 Å². The summed E-state index contributed by atoms with van der Waals surface area (Å²) < 4.78 is 64.1. The van der Waals surface area contributed by atoms with Crippen molar-refractivity contribution in [1.82, 2.24) is 4.98 Å². The lowest BCUT2D eigenvalue weighted by molar-refractivity contribution is -0.141. The minimum Gasteiger partial charge on any atom is -0.397 e. The minimum atomic E-state index is -4.64. The summed E-state index contributed by atoms with van der Waals surface area (Å²) in [7, 11) is 0. The van der Waals surface area contributed by atoms with Gasteiger partial charge in [-0.1, -0.05) is 11.8 Å². The predicted molar refractivity (Wildman–Crippen MR) is 64.1 cm³/mol. The van der Waals surface area contributed by atoms with Crippen molar-refractivity contribution in [2.75, 3.05) is 5.73 Å². The van der Waals surface area contributed by atoms with Crippen molar-refractivity contribution in [2.24, 2.45) is 0 Å². The average Bonchev–Trinajstić information content (AvgIpc) is 2.35. The van der Waals surface area contributed by atoms with E-state index in [1.165, 1.54) is 0 Å². The number of rotatable bonds is 2. The number of nitrogen functional groups attached to an aromatic ring is 1. The second kappa shape index (κ2) is 5.28. The van der Waals surface area contributed by atoms with Gasteiger partial charge < -0.3 is 5.73 Å². The van der Waals surface area contributed by atoms with Crippen molar-refractivity contribution in [2.45, 2.75) is 16.0 Å². The molecule has 0 saturated heterocycles. The molecule has 2 nitrogen and oxygen atoms in total. The molecule has 0 fully saturated rings. The molecule has 0 spiro atoms. The zero-order chi connectivity index (χ0) is 14.9. The van der Waals surface area contributed by atoms with Gasteiger partial charge in [0.2, 0.25) is 0 Å². The molecule has 2 aromatic rings. The van der Waals surface area contributed by atoms with Crippen LogP contribution in [0.15, 0.2) is 40.3 Å². The number of nitrogens with zero attached hydrogens (tertiary/aromatic N) is 1. The first-order valence-corrected chi connectivity index (χ1v) is 6.04. The van der Waals surface area contributed by atoms with Crippen LogP contribution in [0.4, 0.5) is 27.6 Å². The highest BCUT2D eigenvalue weighted by molar-refractivity contribution is 7.99. The molecule has 2 rings (SSSR count). The molecule has 0 aliphatic heterocycles. The van der Waals surface area contributed by atoms with Crippen LogP contribution in [0.5, 0.6) is 0 Å². The van der Waals surface area contributed by atoms with Crippen molar-refractivity contribution < 1.29 is 22.0 Å². The molecule has 8 heteroatoms. The molecular formula is C12H7F5N2S. The SMILES string of the molecule is Nc1cnc(C(F)(F)F)cc1Sc1cc(F)ccc1F. The smallest absolute Gasteiger partial charge is 0.397 e. The summed E-state index contributed by atoms with van der Waals surface area (Å²) in [6.07, 6.45) is -3.80. The molecule has 0 aliphatic carbocycles. The number of alkyl halides is 3. The average molecular weight is 306 g/mol. The van der Waals surface area contributed by atoms with E-state index in [0.29, 0.717) is 17.8 Å². The molecular weight excluding hydrogens is 299 g/mol. The maximum atomic E-state index is 13.5. The second-order valence-electron chi connectivity index (χ2n) is 3.78. The first-order valence-electron chi connectivity index (χ1n) is 5.23. The van der Waals surface area contributed by atoms with Gasteiger partial charge in [-0.2, -0.15) is 13.2 Å². The van der Waals surface area contributed by atoms with Crippen molar-refractivity contribution in [3.8, 4) is 0 Å². The van der Waals surface area contributed by atoms with E-state index in [2.05, 4.69) is 4.98 Å². The Labute approximate surface area is 114 Å². The van der Waals surface area contributed by atoms with Crippen LogP contribution in [-0.4, -0.2) is 4.98 Å². The van der Waals surface area contributed by atoms with Gasteiger partial charge in [0.15, 0.2) is 0 Å². The number of aromatic nitrogens is 1. The van der Waals surface area contributed by atoms with Gasteiger partial charge in [0, 0.05) is 4.90 Å². The Morgan fingerprint density at radius 1 is 1.05 bits per heavy atom. The number of hydrogen-bond acceptors (Lipinski definition) is 3. The topological polar surface area (TPSA) is 38.9 Å². The van der Waals surface area contributed by atoms with Crippen LogP contribution in [0.2, 0.25) is 0 Å². The van der Waals surface area contributed by atoms with Crippen LogP contribution in [0.3, 0.4) is 0 Å². The van der Waals surface area contributed by atoms with Gasteiger partial charge in [0.25, 0.3) is 0 Å². The fourth-order valence-electron chi connectivity index (χ4n) is 1.36. The monoisotopic (exact) mass is 306 g/mol. The van der Waals surface area contributed by atoms with Crippen molar-refractivity contribution in [3.05, 3.63) is 47.8 Å². The lowest BCUT2D eigenvalue weighted by Crippen LogP contribution is -2.08. The number of halogens is 5. The van der Waals surface area contributed by atoms with Gasteiger partial charge >= 0.3 is 6.18 Å². The van der Waals surface area contributed by atoms with Gasteiger partial charge in [0.05, 0.1) is 16.8 Å². The quantitative estimate of drug-likeness (QED) is 0.849. The second-order valence-corrected chi connectivity index (χ2v) is 4.87. The van der Waals surface area contributed by atoms with Gasteiger partial charge in [0.1, 0.15) is 17.3 Å².